The van der Waals surface area contributed by atoms with E-state index in [2.05, 4.69) is 10.2 Å². The topological polar surface area (TPSA) is 133 Å². The Morgan fingerprint density at radius 2 is 1.76 bits per heavy atom. The number of pyridine rings is 1. The van der Waals surface area contributed by atoms with Gasteiger partial charge in [-0.3, -0.25) is 18.4 Å². The van der Waals surface area contributed by atoms with Gasteiger partial charge in [0.25, 0.3) is 5.91 Å². The van der Waals surface area contributed by atoms with Gasteiger partial charge in [0, 0.05) is 55.5 Å². The fourth-order valence-corrected chi connectivity index (χ4v) is 7.80. The fourth-order valence-electron chi connectivity index (χ4n) is 7.29. The summed E-state index contributed by atoms with van der Waals surface area (Å²) in [5.74, 6) is -0.731. The summed E-state index contributed by atoms with van der Waals surface area (Å²) in [5.41, 5.74) is 3.28. The zero-order valence-electron chi connectivity index (χ0n) is 30.5. The van der Waals surface area contributed by atoms with E-state index < -0.39 is 33.2 Å². The summed E-state index contributed by atoms with van der Waals surface area (Å²) in [6.45, 7) is 7.17. The summed E-state index contributed by atoms with van der Waals surface area (Å²) in [5, 5.41) is 13.8. The van der Waals surface area contributed by atoms with Gasteiger partial charge < -0.3 is 14.8 Å². The van der Waals surface area contributed by atoms with Crippen LogP contribution in [0.3, 0.4) is 0 Å². The first-order valence-corrected chi connectivity index (χ1v) is 19.3. The maximum atomic E-state index is 15.4. The van der Waals surface area contributed by atoms with Gasteiger partial charge in [0.15, 0.2) is 5.76 Å². The van der Waals surface area contributed by atoms with Crippen LogP contribution >= 0.6 is 0 Å². The first-order valence-electron chi connectivity index (χ1n) is 17.4. The molecule has 14 heteroatoms. The van der Waals surface area contributed by atoms with E-state index >= 15 is 8.78 Å². The number of nitrogens with one attached hydrogen (secondary N) is 1. The second kappa shape index (κ2) is 12.6. The van der Waals surface area contributed by atoms with Crippen molar-refractivity contribution in [2.45, 2.75) is 32.9 Å². The number of hydrogen-bond donors (Lipinski definition) is 2. The lowest BCUT2D eigenvalue weighted by atomic mass is 9.84. The monoisotopic (exact) mass is 752 g/mol. The summed E-state index contributed by atoms with van der Waals surface area (Å²) < 4.78 is 65.8. The van der Waals surface area contributed by atoms with Crippen LogP contribution in [0, 0.1) is 24.5 Å². The van der Waals surface area contributed by atoms with Crippen molar-refractivity contribution in [2.75, 3.05) is 37.7 Å². The molecule has 0 unspecified atom stereocenters. The predicted molar refractivity (Wildman–Crippen MR) is 205 cm³/mol. The highest BCUT2D eigenvalue weighted by Crippen LogP contribution is 2.42. The molecule has 1 saturated heterocycles. The van der Waals surface area contributed by atoms with Gasteiger partial charge in [-0.25, -0.2) is 27.2 Å². The third-order valence-corrected chi connectivity index (χ3v) is 11.7. The molecule has 4 aromatic heterocycles. The first-order chi connectivity index (χ1) is 25.5. The summed E-state index contributed by atoms with van der Waals surface area (Å²) in [7, 11) is -0.967. The van der Waals surface area contributed by atoms with Crippen LogP contribution in [0.2, 0.25) is 0 Å². The van der Waals surface area contributed by atoms with Crippen LogP contribution in [-0.4, -0.2) is 77.7 Å². The van der Waals surface area contributed by atoms with Gasteiger partial charge in [0.2, 0.25) is 10.0 Å². The zero-order chi connectivity index (χ0) is 38.4. The number of fused-ring (bicyclic) bond motifs is 6. The summed E-state index contributed by atoms with van der Waals surface area (Å²) in [4.78, 5) is 25.7. The standard InChI is InChI=1S/C40H38F2N6O5S/c1-21-10-11-23(28(42)14-21)38-36(39(49)43-4)26-15-25(32(17-34(26)53-38)46(5)54(6,51)52)29-12-13-30-37(45-29)33-16-24-27(41)8-7-9-31(24)48(33)35(44-30)20-47-18-22(19-47)40(2,3)50/h7-17,22,50H,18-20H2,1-6H3,(H,43,49). The van der Waals surface area contributed by atoms with Gasteiger partial charge in [-0.05, 0) is 74.9 Å². The van der Waals surface area contributed by atoms with Gasteiger partial charge in [-0.15, -0.1) is 0 Å². The molecule has 0 atom stereocenters. The lowest BCUT2D eigenvalue weighted by Crippen LogP contribution is -2.55. The smallest absolute Gasteiger partial charge is 0.255 e. The number of benzene rings is 3. The molecule has 3 aromatic carbocycles. The first kappa shape index (κ1) is 35.6. The molecule has 7 aromatic rings. The van der Waals surface area contributed by atoms with Gasteiger partial charge >= 0.3 is 0 Å². The molecule has 2 N–H and O–H groups in total. The summed E-state index contributed by atoms with van der Waals surface area (Å²) >= 11 is 0. The molecule has 0 bridgehead atoms. The molecule has 54 heavy (non-hydrogen) atoms. The number of aliphatic hydroxyl groups is 1. The number of halogens is 2. The van der Waals surface area contributed by atoms with Crippen molar-refractivity contribution in [3.05, 3.63) is 95.3 Å². The Morgan fingerprint density at radius 1 is 1.00 bits per heavy atom. The minimum Gasteiger partial charge on any atom is -0.455 e. The highest BCUT2D eigenvalue weighted by molar-refractivity contribution is 7.92. The second-order valence-corrected chi connectivity index (χ2v) is 16.7. The largest absolute Gasteiger partial charge is 0.455 e. The van der Waals surface area contributed by atoms with E-state index in [1.165, 1.54) is 38.4 Å². The van der Waals surface area contributed by atoms with Crippen molar-refractivity contribution in [2.24, 2.45) is 5.92 Å². The minimum absolute atomic E-state index is 0.00477. The quantitative estimate of drug-likeness (QED) is 0.176. The number of aromatic nitrogens is 3. The number of rotatable bonds is 8. The zero-order valence-corrected chi connectivity index (χ0v) is 31.3. The molecule has 11 nitrogen and oxygen atoms in total. The number of nitrogens with zero attached hydrogens (tertiary/aromatic N) is 5. The van der Waals surface area contributed by atoms with Crippen LogP contribution in [-0.2, 0) is 16.6 Å². The van der Waals surface area contributed by atoms with Gasteiger partial charge in [-0.2, -0.15) is 0 Å². The van der Waals surface area contributed by atoms with Crippen molar-refractivity contribution in [3.63, 3.8) is 0 Å². The molecule has 0 spiro atoms. The molecule has 0 aliphatic carbocycles. The Bertz CT molecular complexity index is 2800. The number of amides is 1. The lowest BCUT2D eigenvalue weighted by molar-refractivity contribution is -0.0655. The highest BCUT2D eigenvalue weighted by Gasteiger charge is 2.38. The molecular weight excluding hydrogens is 715 g/mol. The van der Waals surface area contributed by atoms with Gasteiger partial charge in [0.05, 0.1) is 57.5 Å². The maximum Gasteiger partial charge on any atom is 0.255 e. The van der Waals surface area contributed by atoms with E-state index in [1.807, 2.05) is 10.5 Å². The van der Waals surface area contributed by atoms with Crippen LogP contribution in [0.25, 0.3) is 61.0 Å². The van der Waals surface area contributed by atoms with Crippen LogP contribution in [0.1, 0.15) is 35.6 Å². The molecule has 1 aliphatic heterocycles. The number of furan rings is 1. The molecule has 1 amide bonds. The number of anilines is 1. The average Bonchev–Trinajstić information content (AvgIpc) is 3.67. The van der Waals surface area contributed by atoms with E-state index in [9.17, 15) is 18.3 Å². The molecule has 1 aliphatic rings. The lowest BCUT2D eigenvalue weighted by Gasteiger charge is -2.45. The van der Waals surface area contributed by atoms with E-state index in [4.69, 9.17) is 14.4 Å². The molecule has 278 valence electrons. The summed E-state index contributed by atoms with van der Waals surface area (Å²) in [6, 6.07) is 17.8. The van der Waals surface area contributed by atoms with E-state index in [-0.39, 0.29) is 34.1 Å². The van der Waals surface area contributed by atoms with E-state index in [1.54, 1.807) is 57.2 Å². The van der Waals surface area contributed by atoms with Crippen molar-refractivity contribution in [1.29, 1.82) is 0 Å². The number of sulfonamides is 1. The SMILES string of the molecule is CNC(=O)c1c(-c2ccc(C)cc2F)oc2cc(N(C)S(C)(=O)=O)c(-c3ccc4nc(CN5CC(C(C)(C)O)C5)n5c6cccc(F)c6cc5c4n3)cc12. The average molecular weight is 753 g/mol. The number of carbonyl (C=O) groups excluding carboxylic acids is 1. The highest BCUT2D eigenvalue weighted by atomic mass is 32.2. The van der Waals surface area contributed by atoms with E-state index in [0.29, 0.717) is 75.1 Å². The summed E-state index contributed by atoms with van der Waals surface area (Å²) in [6.07, 6.45) is 1.07. The fraction of sp³-hybridized carbons (Fsp3) is 0.275. The Labute approximate surface area is 309 Å². The molecule has 8 rings (SSSR count). The Morgan fingerprint density at radius 3 is 2.44 bits per heavy atom. The van der Waals surface area contributed by atoms with E-state index in [0.717, 1.165) is 10.6 Å². The molecule has 1 fully saturated rings. The molecule has 0 saturated carbocycles. The Kier molecular flexibility index (Phi) is 8.28. The third-order valence-electron chi connectivity index (χ3n) is 10.5. The van der Waals surface area contributed by atoms with Crippen LogP contribution < -0.4 is 9.62 Å². The number of hydrogen-bond acceptors (Lipinski definition) is 8. The number of aryl methyl sites for hydroxylation is 1. The molecule has 0 radical (unpaired) electrons. The second-order valence-electron chi connectivity index (χ2n) is 14.6. The minimum atomic E-state index is -3.82. The number of carbonyl (C=O) groups is 1. The molecule has 5 heterocycles. The maximum absolute atomic E-state index is 15.4. The van der Waals surface area contributed by atoms with Gasteiger partial charge in [0.1, 0.15) is 28.6 Å². The van der Waals surface area contributed by atoms with Crippen molar-refractivity contribution in [3.8, 4) is 22.6 Å². The van der Waals surface area contributed by atoms with Crippen LogP contribution in [0.4, 0.5) is 14.5 Å². The van der Waals surface area contributed by atoms with Crippen LogP contribution in [0.5, 0.6) is 0 Å². The number of likely N-dealkylation sites (tertiary alicyclic amines) is 1. The van der Waals surface area contributed by atoms with Crippen molar-refractivity contribution < 1.29 is 31.5 Å². The van der Waals surface area contributed by atoms with Crippen molar-refractivity contribution in [1.82, 2.24) is 24.6 Å². The Hall–Kier alpha value is -5.44. The molecular formula is C40H38F2N6O5S. The van der Waals surface area contributed by atoms with Crippen molar-refractivity contribution >= 4 is 60.0 Å². The van der Waals surface area contributed by atoms with Gasteiger partial charge in [-0.1, -0.05) is 12.1 Å². The predicted octanol–water partition coefficient (Wildman–Crippen LogP) is 6.66. The Balaban J connectivity index is 1.36. The normalized spacial score (nSPS) is 14.4. The third kappa shape index (κ3) is 5.85. The van der Waals surface area contributed by atoms with Crippen LogP contribution in [0.15, 0.2) is 71.1 Å².